The van der Waals surface area contributed by atoms with E-state index in [1.165, 1.54) is 0 Å². The number of primary amides is 1. The number of carbonyl (C=O) groups is 2. The monoisotopic (exact) mass is 495 g/mol. The lowest BCUT2D eigenvalue weighted by atomic mass is 9.71. The molecule has 7 nitrogen and oxygen atoms in total. The Morgan fingerprint density at radius 3 is 2.30 bits per heavy atom. The van der Waals surface area contributed by atoms with Gasteiger partial charge in [0.15, 0.2) is 5.70 Å². The summed E-state index contributed by atoms with van der Waals surface area (Å²) in [6, 6.07) is 19.7. The number of hydrogen-bond donors (Lipinski definition) is 2. The van der Waals surface area contributed by atoms with Gasteiger partial charge in [-0.1, -0.05) is 61.2 Å². The zero-order valence-electron chi connectivity index (χ0n) is 21.4. The molecule has 0 spiro atoms. The third kappa shape index (κ3) is 4.65. The molecule has 0 atom stereocenters. The summed E-state index contributed by atoms with van der Waals surface area (Å²) < 4.78 is 7.41. The molecule has 1 aliphatic carbocycles. The molecule has 2 aromatic carbocycles. The van der Waals surface area contributed by atoms with Crippen molar-refractivity contribution in [3.05, 3.63) is 99.8 Å². The van der Waals surface area contributed by atoms with Crippen LogP contribution in [0.5, 0.6) is 0 Å². The first-order valence-corrected chi connectivity index (χ1v) is 12.4. The second-order valence-corrected chi connectivity index (χ2v) is 10.6. The fourth-order valence-electron chi connectivity index (χ4n) is 4.88. The molecule has 3 N–H and O–H groups in total. The van der Waals surface area contributed by atoms with Gasteiger partial charge in [0.25, 0.3) is 5.91 Å². The van der Waals surface area contributed by atoms with Gasteiger partial charge in [0.05, 0.1) is 16.3 Å². The zero-order chi connectivity index (χ0) is 26.4. The van der Waals surface area contributed by atoms with Crippen LogP contribution >= 0.6 is 0 Å². The van der Waals surface area contributed by atoms with Gasteiger partial charge in [0.1, 0.15) is 11.8 Å². The Kier molecular flexibility index (Phi) is 5.94. The van der Waals surface area contributed by atoms with E-state index in [-0.39, 0.29) is 0 Å². The molecule has 2 aliphatic rings. The molecule has 0 saturated heterocycles. The highest BCUT2D eigenvalue weighted by Gasteiger charge is 2.41. The Morgan fingerprint density at radius 2 is 1.73 bits per heavy atom. The fourth-order valence-corrected chi connectivity index (χ4v) is 4.88. The molecule has 37 heavy (non-hydrogen) atoms. The number of alkyl carbamates (subject to hydrolysis) is 1. The van der Waals surface area contributed by atoms with Gasteiger partial charge < -0.3 is 15.8 Å². The minimum Gasteiger partial charge on any atom is -0.444 e. The van der Waals surface area contributed by atoms with Crippen molar-refractivity contribution >= 4 is 30.0 Å². The lowest BCUT2D eigenvalue weighted by Gasteiger charge is -2.43. The molecule has 3 aromatic rings. The minimum absolute atomic E-state index is 0.370. The number of benzene rings is 2. The summed E-state index contributed by atoms with van der Waals surface area (Å²) in [6.07, 6.45) is 4.06. The van der Waals surface area contributed by atoms with Crippen molar-refractivity contribution in [3.63, 3.8) is 0 Å². The smallest absolute Gasteiger partial charge is 0.408 e. The van der Waals surface area contributed by atoms with E-state index in [0.717, 1.165) is 47.3 Å². The van der Waals surface area contributed by atoms with Crippen LogP contribution in [0.4, 0.5) is 4.79 Å². The van der Waals surface area contributed by atoms with E-state index in [4.69, 9.17) is 15.5 Å². The van der Waals surface area contributed by atoms with Crippen molar-refractivity contribution in [1.82, 2.24) is 5.32 Å². The number of pyridine rings is 1. The van der Waals surface area contributed by atoms with Crippen LogP contribution in [0.2, 0.25) is 0 Å². The number of nitrogens with two attached hydrogens (primary N) is 1. The first-order chi connectivity index (χ1) is 17.6. The second-order valence-electron chi connectivity index (χ2n) is 10.6. The third-order valence-corrected chi connectivity index (χ3v) is 6.79. The minimum atomic E-state index is -0.558. The number of rotatable bonds is 5. The van der Waals surface area contributed by atoms with Gasteiger partial charge in [-0.2, -0.15) is 4.57 Å². The Hall–Kier alpha value is -4.26. The maximum absolute atomic E-state index is 12.6. The Labute approximate surface area is 216 Å². The van der Waals surface area contributed by atoms with E-state index >= 15 is 0 Å². The maximum atomic E-state index is 12.6. The second kappa shape index (κ2) is 9.00. The van der Waals surface area contributed by atoms with Gasteiger partial charge in [-0.25, -0.2) is 4.79 Å². The molecule has 2 amide bonds. The molecule has 188 valence electrons. The first-order valence-electron chi connectivity index (χ1n) is 12.4. The summed E-state index contributed by atoms with van der Waals surface area (Å²) in [5.74, 6) is -0.520. The van der Waals surface area contributed by atoms with Gasteiger partial charge in [0, 0.05) is 11.1 Å². The SMILES string of the molecule is C=c1cc(C(N)=O)c[n+]2c1=NC(c1ccc(C3(NC(=O)OC(C)(C)C)CCC3)cc1)=C2c1ccccc1. The highest BCUT2D eigenvalue weighted by atomic mass is 16.6. The summed E-state index contributed by atoms with van der Waals surface area (Å²) in [5, 5.41) is 3.73. The molecule has 1 saturated carbocycles. The lowest BCUT2D eigenvalue weighted by Crippen LogP contribution is -2.54. The molecule has 7 heteroatoms. The van der Waals surface area contributed by atoms with Crippen molar-refractivity contribution in [3.8, 4) is 0 Å². The number of nitrogens with one attached hydrogen (secondary N) is 1. The highest BCUT2D eigenvalue weighted by Crippen LogP contribution is 2.42. The number of ether oxygens (including phenoxy) is 1. The number of hydrogen-bond acceptors (Lipinski definition) is 4. The molecule has 1 fully saturated rings. The summed E-state index contributed by atoms with van der Waals surface area (Å²) in [4.78, 5) is 29.4. The standard InChI is InChI=1S/C30H30N4O3/c1-19-17-22(26(31)35)18-34-25(21-9-6-5-7-10-21)24(32-27(19)34)20-11-13-23(14-12-20)30(15-8-16-30)33-28(36)37-29(2,3)4/h5-7,9-14,17-18H,1,8,15-16H2,2-4H3,(H2-,31,33,35,36)/p+1. The normalized spacial score (nSPS) is 15.9. The van der Waals surface area contributed by atoms with Crippen molar-refractivity contribution in [2.24, 2.45) is 10.7 Å². The molecular weight excluding hydrogens is 464 g/mol. The topological polar surface area (TPSA) is 97.7 Å². The number of carbonyl (C=O) groups excluding carboxylic acids is 2. The largest absolute Gasteiger partial charge is 0.444 e. The third-order valence-electron chi connectivity index (χ3n) is 6.79. The van der Waals surface area contributed by atoms with Gasteiger partial charge in [-0.3, -0.25) is 4.79 Å². The molecule has 0 radical (unpaired) electrons. The molecule has 2 heterocycles. The van der Waals surface area contributed by atoms with Crippen LogP contribution in [-0.2, 0) is 10.3 Å². The predicted octanol–water partition coefficient (Wildman–Crippen LogP) is 3.39. The summed E-state index contributed by atoms with van der Waals surface area (Å²) >= 11 is 0. The number of amides is 2. The van der Waals surface area contributed by atoms with Crippen LogP contribution < -0.4 is 26.3 Å². The van der Waals surface area contributed by atoms with E-state index in [0.29, 0.717) is 16.3 Å². The Morgan fingerprint density at radius 1 is 1.05 bits per heavy atom. The predicted molar refractivity (Wildman–Crippen MR) is 141 cm³/mol. The Balaban J connectivity index is 1.56. The van der Waals surface area contributed by atoms with Crippen molar-refractivity contribution < 1.29 is 18.9 Å². The molecule has 0 bridgehead atoms. The average molecular weight is 496 g/mol. The van der Waals surface area contributed by atoms with E-state index in [1.54, 1.807) is 12.3 Å². The van der Waals surface area contributed by atoms with E-state index < -0.39 is 23.1 Å². The molecule has 1 aliphatic heterocycles. The number of nitrogens with zero attached hydrogens (tertiary/aromatic N) is 2. The van der Waals surface area contributed by atoms with E-state index in [2.05, 4.69) is 11.9 Å². The number of fused-ring (bicyclic) bond motifs is 1. The zero-order valence-corrected chi connectivity index (χ0v) is 21.4. The summed E-state index contributed by atoms with van der Waals surface area (Å²) in [5.41, 5.74) is 10.1. The molecular formula is C30H31N4O3+. The van der Waals surface area contributed by atoms with Crippen LogP contribution in [0.25, 0.3) is 18.0 Å². The Bertz CT molecular complexity index is 1530. The maximum Gasteiger partial charge on any atom is 0.408 e. The lowest BCUT2D eigenvalue weighted by molar-refractivity contribution is -0.593. The van der Waals surface area contributed by atoms with Gasteiger partial charge in [-0.05, 0) is 56.7 Å². The van der Waals surface area contributed by atoms with E-state index in [1.807, 2.05) is 79.9 Å². The van der Waals surface area contributed by atoms with Gasteiger partial charge >= 0.3 is 11.6 Å². The number of aromatic nitrogens is 1. The highest BCUT2D eigenvalue weighted by molar-refractivity contribution is 5.92. The van der Waals surface area contributed by atoms with Crippen molar-refractivity contribution in [2.45, 2.75) is 51.2 Å². The van der Waals surface area contributed by atoms with Crippen LogP contribution in [0.3, 0.4) is 0 Å². The summed E-state index contributed by atoms with van der Waals surface area (Å²) in [6.45, 7) is 9.68. The van der Waals surface area contributed by atoms with Crippen molar-refractivity contribution in [1.29, 1.82) is 0 Å². The van der Waals surface area contributed by atoms with E-state index in [9.17, 15) is 9.59 Å². The summed E-state index contributed by atoms with van der Waals surface area (Å²) in [7, 11) is 0. The van der Waals surface area contributed by atoms with Crippen LogP contribution in [0.1, 0.15) is 67.1 Å². The van der Waals surface area contributed by atoms with Crippen LogP contribution in [0.15, 0.2) is 71.9 Å². The quantitative estimate of drug-likeness (QED) is 0.531. The molecule has 0 unspecified atom stereocenters. The first kappa shape index (κ1) is 24.4. The average Bonchev–Trinajstić information content (AvgIpc) is 3.21. The molecule has 5 rings (SSSR count). The van der Waals surface area contributed by atoms with Crippen LogP contribution in [0, 0.1) is 0 Å². The van der Waals surface area contributed by atoms with Crippen LogP contribution in [-0.4, -0.2) is 17.6 Å². The van der Waals surface area contributed by atoms with Gasteiger partial charge in [0.2, 0.25) is 5.70 Å². The fraction of sp³-hybridized carbons (Fsp3) is 0.267. The van der Waals surface area contributed by atoms with Crippen molar-refractivity contribution in [2.75, 3.05) is 0 Å². The molecule has 1 aromatic heterocycles. The van der Waals surface area contributed by atoms with Gasteiger partial charge in [-0.15, -0.1) is 0 Å².